The van der Waals surface area contributed by atoms with Gasteiger partial charge >= 0.3 is 24.2 Å². The van der Waals surface area contributed by atoms with Crippen molar-refractivity contribution in [3.8, 4) is 0 Å². The largest absolute Gasteiger partial charge is 0.511 e. The third-order valence-electron chi connectivity index (χ3n) is 5.67. The van der Waals surface area contributed by atoms with Gasteiger partial charge in [0.1, 0.15) is 5.82 Å². The maximum atomic E-state index is 13.6. The minimum Gasteiger partial charge on any atom is -0.435 e. The quantitative estimate of drug-likeness (QED) is 0.147. The molecule has 1 aromatic carbocycles. The summed E-state index contributed by atoms with van der Waals surface area (Å²) >= 11 is 1.33. The van der Waals surface area contributed by atoms with Crippen LogP contribution in [0.1, 0.15) is 19.4 Å². The summed E-state index contributed by atoms with van der Waals surface area (Å²) in [5.41, 5.74) is 6.34. The van der Waals surface area contributed by atoms with Crippen LogP contribution >= 0.6 is 11.8 Å². The van der Waals surface area contributed by atoms with Crippen molar-refractivity contribution in [3.63, 3.8) is 0 Å². The van der Waals surface area contributed by atoms with E-state index in [4.69, 9.17) is 15.2 Å². The van der Waals surface area contributed by atoms with E-state index in [1.807, 2.05) is 0 Å². The molecule has 3 N–H and O–H groups in total. The van der Waals surface area contributed by atoms with Gasteiger partial charge in [0, 0.05) is 22.5 Å². The number of ether oxygens (including phenoxy) is 6. The number of rotatable bonds is 14. The van der Waals surface area contributed by atoms with E-state index >= 15 is 0 Å². The number of nitrogens with two attached hydrogens (primary N) is 1. The lowest BCUT2D eigenvalue weighted by atomic mass is 9.98. The van der Waals surface area contributed by atoms with Crippen molar-refractivity contribution in [2.24, 2.45) is 29.4 Å². The zero-order valence-corrected chi connectivity index (χ0v) is 22.1. The second-order valence-electron chi connectivity index (χ2n) is 8.15. The monoisotopic (exact) mass is 561 g/mol. The molecule has 1 fully saturated rings. The highest BCUT2D eigenvalue weighted by molar-refractivity contribution is 7.99. The molecule has 0 heterocycles. The second-order valence-corrected chi connectivity index (χ2v) is 9.25. The van der Waals surface area contributed by atoms with Gasteiger partial charge in [-0.2, -0.15) is 0 Å². The summed E-state index contributed by atoms with van der Waals surface area (Å²) in [6.07, 6.45) is -3.31. The molecule has 38 heavy (non-hydrogen) atoms. The van der Waals surface area contributed by atoms with Gasteiger partial charge in [-0.3, -0.25) is 9.59 Å². The fraction of sp³-hybridized carbons (Fsp3) is 0.583. The number of hydrogen-bond donors (Lipinski definition) is 2. The lowest BCUT2D eigenvalue weighted by molar-refractivity contribution is -0.161. The average molecular weight is 562 g/mol. The fourth-order valence-corrected chi connectivity index (χ4v) is 4.84. The molecular formula is C24H32FNO11S. The molecule has 0 amide bonds. The van der Waals surface area contributed by atoms with Gasteiger partial charge in [0.15, 0.2) is 0 Å². The smallest absolute Gasteiger partial charge is 0.435 e. The number of aliphatic hydroxyl groups is 1. The minimum atomic E-state index is -1.22. The molecule has 1 aliphatic carbocycles. The molecule has 1 aliphatic rings. The molecule has 1 aromatic rings. The van der Waals surface area contributed by atoms with E-state index in [0.29, 0.717) is 11.3 Å². The molecule has 4 atom stereocenters. The van der Waals surface area contributed by atoms with Gasteiger partial charge < -0.3 is 39.3 Å². The summed E-state index contributed by atoms with van der Waals surface area (Å²) in [5.74, 6) is -5.60. The first kappa shape index (κ1) is 31.1. The molecule has 0 unspecified atom stereocenters. The Labute approximate surface area is 223 Å². The third-order valence-corrected chi connectivity index (χ3v) is 6.86. The van der Waals surface area contributed by atoms with Crippen molar-refractivity contribution in [2.45, 2.75) is 31.8 Å². The maximum absolute atomic E-state index is 13.6. The van der Waals surface area contributed by atoms with Crippen LogP contribution in [-0.2, 0) is 38.0 Å². The average Bonchev–Trinajstić information content (AvgIpc) is 3.62. The van der Waals surface area contributed by atoms with E-state index in [1.54, 1.807) is 32.9 Å². The van der Waals surface area contributed by atoms with Crippen LogP contribution in [0.5, 0.6) is 0 Å². The Kier molecular flexibility index (Phi) is 12.6. The Hall–Kier alpha value is -3.10. The molecule has 14 heteroatoms. The SMILES string of the molecule is CCOC(=O)OCOC(=O)[C@H]1C([C@H](O)[C@H](CN)CSc2ccc(F)c(C)c2)[C@@H]1C(=O)OCOC(=O)OCC. The molecule has 12 nitrogen and oxygen atoms in total. The Morgan fingerprint density at radius 1 is 0.947 bits per heavy atom. The van der Waals surface area contributed by atoms with E-state index < -0.39 is 67.6 Å². The molecule has 212 valence electrons. The summed E-state index contributed by atoms with van der Waals surface area (Å²) in [7, 11) is 0. The lowest BCUT2D eigenvalue weighted by Gasteiger charge is -2.21. The van der Waals surface area contributed by atoms with Crippen molar-refractivity contribution in [2.75, 3.05) is 39.1 Å². The highest BCUT2D eigenvalue weighted by atomic mass is 32.2. The van der Waals surface area contributed by atoms with Gasteiger partial charge in [-0.15, -0.1) is 11.8 Å². The Morgan fingerprint density at radius 2 is 1.47 bits per heavy atom. The van der Waals surface area contributed by atoms with Crippen LogP contribution < -0.4 is 5.73 Å². The molecule has 0 aliphatic heterocycles. The van der Waals surface area contributed by atoms with Gasteiger partial charge in [0.2, 0.25) is 13.6 Å². The van der Waals surface area contributed by atoms with E-state index in [9.17, 15) is 28.7 Å². The molecule has 0 radical (unpaired) electrons. The highest BCUT2D eigenvalue weighted by Crippen LogP contribution is 2.52. The van der Waals surface area contributed by atoms with Crippen molar-refractivity contribution >= 4 is 36.0 Å². The Balaban J connectivity index is 2.05. The molecule has 0 spiro atoms. The first-order chi connectivity index (χ1) is 18.1. The molecule has 0 aromatic heterocycles. The number of halogens is 1. The summed E-state index contributed by atoms with van der Waals surface area (Å²) in [6, 6.07) is 4.59. The van der Waals surface area contributed by atoms with Crippen LogP contribution in [0.25, 0.3) is 0 Å². The van der Waals surface area contributed by atoms with E-state index in [-0.39, 0.29) is 25.6 Å². The minimum absolute atomic E-state index is 0.0202. The normalized spacial score (nSPS) is 19.5. The number of benzene rings is 1. The zero-order chi connectivity index (χ0) is 28.2. The number of carbonyl (C=O) groups is 4. The molecule has 0 bridgehead atoms. The molecular weight excluding hydrogens is 529 g/mol. The molecule has 2 rings (SSSR count). The van der Waals surface area contributed by atoms with Gasteiger partial charge in [-0.05, 0) is 51.1 Å². The first-order valence-electron chi connectivity index (χ1n) is 11.8. The van der Waals surface area contributed by atoms with Gasteiger partial charge in [0.05, 0.1) is 31.2 Å². The topological polar surface area (TPSA) is 170 Å². The van der Waals surface area contributed by atoms with Crippen LogP contribution in [0.3, 0.4) is 0 Å². The van der Waals surface area contributed by atoms with Crippen molar-refractivity contribution in [3.05, 3.63) is 29.6 Å². The van der Waals surface area contributed by atoms with Crippen LogP contribution in [0.4, 0.5) is 14.0 Å². The van der Waals surface area contributed by atoms with Crippen LogP contribution in [0.15, 0.2) is 23.1 Å². The molecule has 1 saturated carbocycles. The number of esters is 2. The number of aryl methyl sites for hydroxylation is 1. The number of carbonyl (C=O) groups excluding carboxylic acids is 4. The Morgan fingerprint density at radius 3 is 1.92 bits per heavy atom. The van der Waals surface area contributed by atoms with Crippen LogP contribution in [0.2, 0.25) is 0 Å². The van der Waals surface area contributed by atoms with Crippen molar-refractivity contribution in [1.82, 2.24) is 0 Å². The zero-order valence-electron chi connectivity index (χ0n) is 21.3. The molecule has 0 saturated heterocycles. The number of thioether (sulfide) groups is 1. The summed E-state index contributed by atoms with van der Waals surface area (Å²) in [6.45, 7) is 3.37. The van der Waals surface area contributed by atoms with Gasteiger partial charge in [-0.1, -0.05) is 0 Å². The first-order valence-corrected chi connectivity index (χ1v) is 12.8. The van der Waals surface area contributed by atoms with Crippen LogP contribution in [0, 0.1) is 36.4 Å². The summed E-state index contributed by atoms with van der Waals surface area (Å²) < 4.78 is 41.8. The summed E-state index contributed by atoms with van der Waals surface area (Å²) in [4.78, 5) is 48.6. The highest BCUT2D eigenvalue weighted by Gasteiger charge is 2.64. The van der Waals surface area contributed by atoms with Crippen molar-refractivity contribution in [1.29, 1.82) is 0 Å². The standard InChI is InChI=1S/C24H32FNO11S/c1-4-32-23(30)36-11-34-21(28)18-17(19(18)22(29)35-12-37-24(31)33-5-2)20(27)14(9-26)10-38-15-6-7-16(25)13(3)8-15/h6-8,14,17-20,27H,4-5,9-12,26H2,1-3H3/t14-,18+,19+,20-/m1/s1. The van der Waals surface area contributed by atoms with Gasteiger partial charge in [0.25, 0.3) is 0 Å². The van der Waals surface area contributed by atoms with Crippen molar-refractivity contribution < 1.29 is 57.1 Å². The Bertz CT molecular complexity index is 937. The number of hydrogen-bond acceptors (Lipinski definition) is 13. The maximum Gasteiger partial charge on any atom is 0.511 e. The second kappa shape index (κ2) is 15.3. The van der Waals surface area contributed by atoms with Crippen LogP contribution in [-0.4, -0.2) is 74.6 Å². The van der Waals surface area contributed by atoms with Gasteiger partial charge in [-0.25, -0.2) is 14.0 Å². The predicted molar refractivity (Wildman–Crippen MR) is 129 cm³/mol. The van der Waals surface area contributed by atoms with E-state index in [0.717, 1.165) is 4.90 Å². The lowest BCUT2D eigenvalue weighted by Crippen LogP contribution is -2.33. The fourth-order valence-electron chi connectivity index (χ4n) is 3.68. The van der Waals surface area contributed by atoms with E-state index in [2.05, 4.69) is 18.9 Å². The summed E-state index contributed by atoms with van der Waals surface area (Å²) in [5, 5.41) is 11.1. The van der Waals surface area contributed by atoms with E-state index in [1.165, 1.54) is 17.8 Å². The number of aliphatic hydroxyl groups excluding tert-OH is 1. The third kappa shape index (κ3) is 9.03. The predicted octanol–water partition coefficient (Wildman–Crippen LogP) is 2.37.